The SMILES string of the molecule is CCCS(=O)(=O)CCCCCCO. The zero-order chi connectivity index (χ0) is 10.2. The summed E-state index contributed by atoms with van der Waals surface area (Å²) in [5.74, 6) is 0.624. The van der Waals surface area contributed by atoms with Crippen molar-refractivity contribution in [2.24, 2.45) is 0 Å². The van der Waals surface area contributed by atoms with Gasteiger partial charge in [-0.1, -0.05) is 19.8 Å². The number of unbranched alkanes of at least 4 members (excludes halogenated alkanes) is 3. The standard InChI is InChI=1S/C9H20O3S/c1-2-8-13(11,12)9-6-4-3-5-7-10/h10H,2-9H2,1H3. The smallest absolute Gasteiger partial charge is 0.150 e. The van der Waals surface area contributed by atoms with Gasteiger partial charge in [0.1, 0.15) is 9.84 Å². The maximum Gasteiger partial charge on any atom is 0.150 e. The van der Waals surface area contributed by atoms with Gasteiger partial charge in [0.2, 0.25) is 0 Å². The van der Waals surface area contributed by atoms with Crippen molar-refractivity contribution in [1.82, 2.24) is 0 Å². The predicted octanol–water partition coefficient (Wildman–Crippen LogP) is 1.36. The van der Waals surface area contributed by atoms with E-state index < -0.39 is 9.84 Å². The molecule has 0 bridgehead atoms. The lowest BCUT2D eigenvalue weighted by Crippen LogP contribution is -2.10. The summed E-state index contributed by atoms with van der Waals surface area (Å²) >= 11 is 0. The maximum absolute atomic E-state index is 11.2. The Morgan fingerprint density at radius 3 is 2.15 bits per heavy atom. The summed E-state index contributed by atoms with van der Waals surface area (Å²) < 4.78 is 22.4. The molecule has 0 aromatic carbocycles. The first-order valence-electron chi connectivity index (χ1n) is 4.93. The minimum absolute atomic E-state index is 0.210. The quantitative estimate of drug-likeness (QED) is 0.613. The van der Waals surface area contributed by atoms with Gasteiger partial charge < -0.3 is 5.11 Å². The van der Waals surface area contributed by atoms with Crippen molar-refractivity contribution in [3.8, 4) is 0 Å². The summed E-state index contributed by atoms with van der Waals surface area (Å²) in [6.45, 7) is 2.09. The Morgan fingerprint density at radius 2 is 1.62 bits per heavy atom. The lowest BCUT2D eigenvalue weighted by Gasteiger charge is -2.01. The van der Waals surface area contributed by atoms with E-state index in [-0.39, 0.29) is 6.61 Å². The van der Waals surface area contributed by atoms with Crippen LogP contribution in [0.25, 0.3) is 0 Å². The van der Waals surface area contributed by atoms with E-state index in [0.717, 1.165) is 25.7 Å². The van der Waals surface area contributed by atoms with Crippen molar-refractivity contribution < 1.29 is 13.5 Å². The first-order chi connectivity index (χ1) is 6.12. The molecule has 0 radical (unpaired) electrons. The van der Waals surface area contributed by atoms with Crippen molar-refractivity contribution in [3.05, 3.63) is 0 Å². The molecule has 0 unspecified atom stereocenters. The van der Waals surface area contributed by atoms with E-state index in [4.69, 9.17) is 5.11 Å². The van der Waals surface area contributed by atoms with Gasteiger partial charge >= 0.3 is 0 Å². The molecule has 0 fully saturated rings. The molecule has 0 amide bonds. The predicted molar refractivity (Wildman–Crippen MR) is 54.5 cm³/mol. The lowest BCUT2D eigenvalue weighted by atomic mass is 10.2. The first-order valence-corrected chi connectivity index (χ1v) is 6.76. The number of aliphatic hydroxyl groups is 1. The number of sulfone groups is 1. The Bertz CT molecular complexity index is 197. The van der Waals surface area contributed by atoms with Crippen molar-refractivity contribution in [1.29, 1.82) is 0 Å². The van der Waals surface area contributed by atoms with E-state index >= 15 is 0 Å². The van der Waals surface area contributed by atoms with E-state index in [9.17, 15) is 8.42 Å². The van der Waals surface area contributed by atoms with Gasteiger partial charge in [0.15, 0.2) is 0 Å². The first kappa shape index (κ1) is 12.9. The molecular weight excluding hydrogens is 188 g/mol. The van der Waals surface area contributed by atoms with E-state index in [2.05, 4.69) is 0 Å². The second-order valence-corrected chi connectivity index (χ2v) is 5.59. The van der Waals surface area contributed by atoms with Gasteiger partial charge in [0.25, 0.3) is 0 Å². The van der Waals surface area contributed by atoms with Crippen LogP contribution in [0.5, 0.6) is 0 Å². The zero-order valence-corrected chi connectivity index (χ0v) is 9.15. The van der Waals surface area contributed by atoms with Gasteiger partial charge in [-0.25, -0.2) is 8.42 Å². The van der Waals surface area contributed by atoms with E-state index in [1.807, 2.05) is 6.92 Å². The molecule has 0 heterocycles. The molecule has 0 aromatic rings. The highest BCUT2D eigenvalue weighted by Crippen LogP contribution is 2.03. The molecule has 0 atom stereocenters. The summed E-state index contributed by atoms with van der Waals surface area (Å²) in [5.41, 5.74) is 0. The van der Waals surface area contributed by atoms with Crippen LogP contribution in [0.3, 0.4) is 0 Å². The van der Waals surface area contributed by atoms with Crippen LogP contribution >= 0.6 is 0 Å². The number of hydrogen-bond acceptors (Lipinski definition) is 3. The fourth-order valence-corrected chi connectivity index (χ4v) is 2.67. The van der Waals surface area contributed by atoms with Crippen molar-refractivity contribution >= 4 is 9.84 Å². The Labute approximate surface area is 81.1 Å². The average Bonchev–Trinajstić information content (AvgIpc) is 2.04. The van der Waals surface area contributed by atoms with Crippen molar-refractivity contribution in [2.45, 2.75) is 39.0 Å². The molecule has 0 aliphatic heterocycles. The molecule has 0 saturated heterocycles. The highest BCUT2D eigenvalue weighted by molar-refractivity contribution is 7.91. The Balaban J connectivity index is 3.41. The van der Waals surface area contributed by atoms with Crippen LogP contribution in [0, 0.1) is 0 Å². The second kappa shape index (κ2) is 7.33. The molecule has 0 rings (SSSR count). The molecule has 0 aliphatic carbocycles. The monoisotopic (exact) mass is 208 g/mol. The third-order valence-electron chi connectivity index (χ3n) is 1.88. The minimum Gasteiger partial charge on any atom is -0.396 e. The van der Waals surface area contributed by atoms with E-state index in [1.54, 1.807) is 0 Å². The number of rotatable bonds is 8. The van der Waals surface area contributed by atoms with E-state index in [1.165, 1.54) is 0 Å². The Hall–Kier alpha value is -0.0900. The van der Waals surface area contributed by atoms with Crippen molar-refractivity contribution in [3.63, 3.8) is 0 Å². The highest BCUT2D eigenvalue weighted by atomic mass is 32.2. The summed E-state index contributed by atoms with van der Waals surface area (Å²) in [5, 5.41) is 8.49. The van der Waals surface area contributed by atoms with Crippen LogP contribution < -0.4 is 0 Å². The van der Waals surface area contributed by atoms with Crippen LogP contribution in [0.15, 0.2) is 0 Å². The summed E-state index contributed by atoms with van der Waals surface area (Å²) in [6.07, 6.45) is 4.07. The zero-order valence-electron chi connectivity index (χ0n) is 8.33. The highest BCUT2D eigenvalue weighted by Gasteiger charge is 2.07. The topological polar surface area (TPSA) is 54.4 Å². The summed E-state index contributed by atoms with van der Waals surface area (Å²) in [4.78, 5) is 0. The van der Waals surface area contributed by atoms with Gasteiger partial charge in [-0.3, -0.25) is 0 Å². The van der Waals surface area contributed by atoms with Crippen LogP contribution in [0.1, 0.15) is 39.0 Å². The second-order valence-electron chi connectivity index (χ2n) is 3.29. The molecule has 1 N–H and O–H groups in total. The van der Waals surface area contributed by atoms with Gasteiger partial charge in [0, 0.05) is 12.4 Å². The molecule has 4 heteroatoms. The summed E-state index contributed by atoms with van der Waals surface area (Å²) in [6, 6.07) is 0. The average molecular weight is 208 g/mol. The molecule has 0 aliphatic rings. The fraction of sp³-hybridized carbons (Fsp3) is 1.00. The maximum atomic E-state index is 11.2. The Morgan fingerprint density at radius 1 is 1.00 bits per heavy atom. The van der Waals surface area contributed by atoms with Gasteiger partial charge in [0.05, 0.1) is 5.75 Å². The number of aliphatic hydroxyl groups excluding tert-OH is 1. The van der Waals surface area contributed by atoms with Gasteiger partial charge in [-0.2, -0.15) is 0 Å². The normalized spacial score (nSPS) is 11.8. The number of hydrogen-bond donors (Lipinski definition) is 1. The third-order valence-corrected chi connectivity index (χ3v) is 3.82. The van der Waals surface area contributed by atoms with E-state index in [0.29, 0.717) is 17.9 Å². The molecule has 0 saturated carbocycles. The molecule has 0 spiro atoms. The molecule has 3 nitrogen and oxygen atoms in total. The molecule has 13 heavy (non-hydrogen) atoms. The van der Waals surface area contributed by atoms with Gasteiger partial charge in [-0.15, -0.1) is 0 Å². The minimum atomic E-state index is -2.78. The molecule has 80 valence electrons. The van der Waals surface area contributed by atoms with Crippen LogP contribution in [-0.2, 0) is 9.84 Å². The molecule has 0 aromatic heterocycles. The van der Waals surface area contributed by atoms with Crippen LogP contribution in [0.2, 0.25) is 0 Å². The van der Waals surface area contributed by atoms with Crippen LogP contribution in [0.4, 0.5) is 0 Å². The van der Waals surface area contributed by atoms with Gasteiger partial charge in [-0.05, 0) is 19.3 Å². The van der Waals surface area contributed by atoms with Crippen LogP contribution in [-0.4, -0.2) is 31.6 Å². The van der Waals surface area contributed by atoms with Crippen molar-refractivity contribution in [2.75, 3.05) is 18.1 Å². The molecular formula is C9H20O3S. The Kier molecular flexibility index (Phi) is 7.28. The third kappa shape index (κ3) is 8.25. The lowest BCUT2D eigenvalue weighted by molar-refractivity contribution is 0.283. The fourth-order valence-electron chi connectivity index (χ4n) is 1.20. The largest absolute Gasteiger partial charge is 0.396 e. The summed E-state index contributed by atoms with van der Waals surface area (Å²) in [7, 11) is -2.78.